The molecule has 140 valence electrons. The summed E-state index contributed by atoms with van der Waals surface area (Å²) < 4.78 is 25.7. The fourth-order valence-corrected chi connectivity index (χ4v) is 3.26. The van der Waals surface area contributed by atoms with E-state index in [-0.39, 0.29) is 16.4 Å². The van der Waals surface area contributed by atoms with Crippen LogP contribution in [0.5, 0.6) is 0 Å². The van der Waals surface area contributed by atoms with E-state index in [2.05, 4.69) is 41.5 Å². The van der Waals surface area contributed by atoms with E-state index in [9.17, 15) is 8.42 Å². The molecule has 5 N–H and O–H groups in total. The van der Waals surface area contributed by atoms with Gasteiger partial charge in [0.05, 0.1) is 4.90 Å². The molecule has 0 aliphatic heterocycles. The number of sulfonamides is 1. The highest BCUT2D eigenvalue weighted by Crippen LogP contribution is 2.26. The highest BCUT2D eigenvalue weighted by molar-refractivity contribution is 9.10. The maximum Gasteiger partial charge on any atom is 0.257 e. The minimum absolute atomic E-state index is 0.126. The van der Waals surface area contributed by atoms with Gasteiger partial charge in [0.1, 0.15) is 12.0 Å². The third-order valence-corrected chi connectivity index (χ3v) is 5.42. The molecule has 0 saturated heterocycles. The third-order valence-electron chi connectivity index (χ3n) is 3.63. The van der Waals surface area contributed by atoms with E-state index < -0.39 is 10.0 Å². The van der Waals surface area contributed by atoms with Crippen molar-refractivity contribution in [2.75, 3.05) is 16.5 Å². The normalized spacial score (nSPS) is 11.2. The number of benzene rings is 2. The molecule has 0 bridgehead atoms. The van der Waals surface area contributed by atoms with E-state index in [0.29, 0.717) is 5.82 Å². The molecule has 0 unspecified atom stereocenters. The van der Waals surface area contributed by atoms with Gasteiger partial charge in [-0.15, -0.1) is 4.83 Å². The Kier molecular flexibility index (Phi) is 5.59. The van der Waals surface area contributed by atoms with Crippen molar-refractivity contribution in [1.82, 2.24) is 14.8 Å². The van der Waals surface area contributed by atoms with E-state index in [1.807, 2.05) is 31.2 Å². The first-order valence-electron chi connectivity index (χ1n) is 7.83. The smallest absolute Gasteiger partial charge is 0.257 e. The van der Waals surface area contributed by atoms with E-state index in [4.69, 9.17) is 5.73 Å². The Labute approximate surface area is 165 Å². The summed E-state index contributed by atoms with van der Waals surface area (Å²) in [5, 5.41) is 3.06. The number of aromatic nitrogens is 2. The molecule has 0 saturated carbocycles. The lowest BCUT2D eigenvalue weighted by Crippen LogP contribution is -2.30. The van der Waals surface area contributed by atoms with Crippen molar-refractivity contribution in [3.8, 4) is 0 Å². The third kappa shape index (κ3) is 4.73. The summed E-state index contributed by atoms with van der Waals surface area (Å²) in [7, 11) is -3.77. The summed E-state index contributed by atoms with van der Waals surface area (Å²) in [4.78, 5) is 10.5. The topological polar surface area (TPSA) is 122 Å². The van der Waals surface area contributed by atoms with Crippen LogP contribution in [0, 0.1) is 6.92 Å². The van der Waals surface area contributed by atoms with E-state index >= 15 is 0 Å². The standard InChI is InChI=1S/C17H17BrN6O2S/c1-11-2-8-14(9-3-11)27(25,26)24-23-17-15(19)16(20-10-21-17)22-13-6-4-12(18)5-7-13/h2-10,24H,19H2,1H3,(H2,20,21,22,23). The zero-order chi connectivity index (χ0) is 19.4. The van der Waals surface area contributed by atoms with Gasteiger partial charge in [-0.25, -0.2) is 18.4 Å². The van der Waals surface area contributed by atoms with Gasteiger partial charge in [-0.05, 0) is 43.3 Å². The van der Waals surface area contributed by atoms with Crippen molar-refractivity contribution in [2.45, 2.75) is 11.8 Å². The van der Waals surface area contributed by atoms with Crippen LogP contribution in [0.4, 0.5) is 23.0 Å². The molecule has 2 aromatic carbocycles. The number of halogens is 1. The summed E-state index contributed by atoms with van der Waals surface area (Å²) in [5.74, 6) is 0.490. The minimum Gasteiger partial charge on any atom is -0.393 e. The summed E-state index contributed by atoms with van der Waals surface area (Å²) >= 11 is 3.37. The Hall–Kier alpha value is -2.69. The Balaban J connectivity index is 1.75. The molecule has 0 aliphatic carbocycles. The first-order valence-corrected chi connectivity index (χ1v) is 10.1. The van der Waals surface area contributed by atoms with Crippen molar-refractivity contribution in [2.24, 2.45) is 0 Å². The van der Waals surface area contributed by atoms with Gasteiger partial charge in [-0.2, -0.15) is 0 Å². The molecule has 3 aromatic rings. The zero-order valence-corrected chi connectivity index (χ0v) is 16.7. The maximum atomic E-state index is 12.4. The first kappa shape index (κ1) is 19.1. The Morgan fingerprint density at radius 2 is 1.59 bits per heavy atom. The highest BCUT2D eigenvalue weighted by Gasteiger charge is 2.15. The molecule has 1 aromatic heterocycles. The van der Waals surface area contributed by atoms with Crippen LogP contribution in [0.2, 0.25) is 0 Å². The van der Waals surface area contributed by atoms with Crippen LogP contribution in [0.25, 0.3) is 0 Å². The number of aryl methyl sites for hydroxylation is 1. The molecule has 0 spiro atoms. The largest absolute Gasteiger partial charge is 0.393 e. The lowest BCUT2D eigenvalue weighted by molar-refractivity contribution is 0.587. The molecule has 0 aliphatic rings. The van der Waals surface area contributed by atoms with Crippen molar-refractivity contribution in [1.29, 1.82) is 0 Å². The van der Waals surface area contributed by atoms with E-state index in [1.54, 1.807) is 12.1 Å². The van der Waals surface area contributed by atoms with Gasteiger partial charge in [-0.1, -0.05) is 33.6 Å². The molecule has 8 nitrogen and oxygen atoms in total. The Morgan fingerprint density at radius 3 is 2.26 bits per heavy atom. The van der Waals surface area contributed by atoms with Gasteiger partial charge in [0.2, 0.25) is 0 Å². The number of hydrogen-bond donors (Lipinski definition) is 4. The van der Waals surface area contributed by atoms with Crippen LogP contribution in [0.15, 0.2) is 64.2 Å². The predicted octanol–water partition coefficient (Wildman–Crippen LogP) is 3.18. The average molecular weight is 449 g/mol. The van der Waals surface area contributed by atoms with E-state index in [1.165, 1.54) is 18.5 Å². The molecule has 1 heterocycles. The average Bonchev–Trinajstić information content (AvgIpc) is 2.64. The Bertz CT molecular complexity index is 1040. The number of nitrogen functional groups attached to an aromatic ring is 1. The summed E-state index contributed by atoms with van der Waals surface area (Å²) in [6.07, 6.45) is 1.28. The van der Waals surface area contributed by atoms with Gasteiger partial charge in [0, 0.05) is 10.2 Å². The lowest BCUT2D eigenvalue weighted by Gasteiger charge is -2.13. The van der Waals surface area contributed by atoms with Gasteiger partial charge in [0.15, 0.2) is 11.6 Å². The van der Waals surface area contributed by atoms with Gasteiger partial charge >= 0.3 is 0 Å². The van der Waals surface area contributed by atoms with Crippen molar-refractivity contribution in [3.05, 3.63) is 64.9 Å². The van der Waals surface area contributed by atoms with Gasteiger partial charge in [0.25, 0.3) is 10.0 Å². The van der Waals surface area contributed by atoms with Crippen LogP contribution >= 0.6 is 15.9 Å². The SMILES string of the molecule is Cc1ccc(S(=O)(=O)NNc2ncnc(Nc3ccc(Br)cc3)c2N)cc1. The first-order chi connectivity index (χ1) is 12.8. The molecule has 0 atom stereocenters. The second kappa shape index (κ2) is 7.91. The second-order valence-corrected chi connectivity index (χ2v) is 8.26. The number of nitrogens with one attached hydrogen (secondary N) is 3. The molecule has 27 heavy (non-hydrogen) atoms. The molecule has 10 heteroatoms. The van der Waals surface area contributed by atoms with Crippen LogP contribution in [-0.2, 0) is 10.0 Å². The minimum atomic E-state index is -3.77. The summed E-state index contributed by atoms with van der Waals surface area (Å²) in [6, 6.07) is 13.9. The predicted molar refractivity (Wildman–Crippen MR) is 109 cm³/mol. The summed E-state index contributed by atoms with van der Waals surface area (Å²) in [6.45, 7) is 1.88. The quantitative estimate of drug-likeness (QED) is 0.427. The summed E-state index contributed by atoms with van der Waals surface area (Å²) in [5.41, 5.74) is 10.5. The van der Waals surface area contributed by atoms with Crippen LogP contribution in [0.3, 0.4) is 0 Å². The number of hydrogen-bond acceptors (Lipinski definition) is 7. The Morgan fingerprint density at radius 1 is 0.963 bits per heavy atom. The van der Waals surface area contributed by atoms with Crippen LogP contribution in [-0.4, -0.2) is 18.4 Å². The zero-order valence-electron chi connectivity index (χ0n) is 14.3. The number of nitrogens with two attached hydrogens (primary N) is 1. The highest BCUT2D eigenvalue weighted by atomic mass is 79.9. The number of anilines is 4. The number of hydrazine groups is 1. The molecule has 3 rings (SSSR count). The molecule has 0 amide bonds. The number of nitrogens with zero attached hydrogens (tertiary/aromatic N) is 2. The van der Waals surface area contributed by atoms with Gasteiger partial charge in [-0.3, -0.25) is 5.43 Å². The van der Waals surface area contributed by atoms with Crippen LogP contribution in [0.1, 0.15) is 5.56 Å². The van der Waals surface area contributed by atoms with Crippen molar-refractivity contribution in [3.63, 3.8) is 0 Å². The lowest BCUT2D eigenvalue weighted by atomic mass is 10.2. The van der Waals surface area contributed by atoms with Crippen molar-refractivity contribution >= 4 is 49.0 Å². The second-order valence-electron chi connectivity index (χ2n) is 5.66. The molecular formula is C17H17BrN6O2S. The fraction of sp³-hybridized carbons (Fsp3) is 0.0588. The van der Waals surface area contributed by atoms with Crippen LogP contribution < -0.4 is 21.3 Å². The van der Waals surface area contributed by atoms with Crippen molar-refractivity contribution < 1.29 is 8.42 Å². The van der Waals surface area contributed by atoms with E-state index in [0.717, 1.165) is 15.7 Å². The molecular weight excluding hydrogens is 432 g/mol. The monoisotopic (exact) mass is 448 g/mol. The molecule has 0 fully saturated rings. The maximum absolute atomic E-state index is 12.4. The molecule has 0 radical (unpaired) electrons. The van der Waals surface area contributed by atoms with Gasteiger partial charge < -0.3 is 11.1 Å². The fourth-order valence-electron chi connectivity index (χ4n) is 2.16. The number of rotatable bonds is 6.